The minimum absolute atomic E-state index is 0.842. The minimum Gasteiger partial charge on any atom is -0.0840 e. The second kappa shape index (κ2) is 4.08. The van der Waals surface area contributed by atoms with E-state index in [0.717, 1.165) is 10.6 Å². The quantitative estimate of drug-likeness (QED) is 0.652. The van der Waals surface area contributed by atoms with Crippen molar-refractivity contribution in [1.82, 2.24) is 0 Å². The van der Waals surface area contributed by atoms with Crippen LogP contribution in [0.4, 0.5) is 0 Å². The van der Waals surface area contributed by atoms with Crippen LogP contribution < -0.4 is 0 Å². The summed E-state index contributed by atoms with van der Waals surface area (Å²) in [6.07, 6.45) is 0. The molecular formula is C14H13Cl. The number of hydrogen-bond donors (Lipinski definition) is 0. The predicted octanol–water partition coefficient (Wildman–Crippen LogP) is 4.62. The van der Waals surface area contributed by atoms with Gasteiger partial charge in [-0.05, 0) is 42.2 Å². The van der Waals surface area contributed by atoms with Crippen LogP contribution in [0.15, 0.2) is 42.5 Å². The highest BCUT2D eigenvalue weighted by atomic mass is 35.5. The van der Waals surface area contributed by atoms with E-state index in [1.165, 1.54) is 16.7 Å². The van der Waals surface area contributed by atoms with Gasteiger partial charge in [0.2, 0.25) is 0 Å². The molecule has 0 aliphatic heterocycles. The molecule has 2 aromatic carbocycles. The fraction of sp³-hybridized carbons (Fsp3) is 0.143. The average Bonchev–Trinajstić information content (AvgIpc) is 2.24. The Labute approximate surface area is 95.5 Å². The molecule has 0 amide bonds. The van der Waals surface area contributed by atoms with Crippen molar-refractivity contribution >= 4 is 11.6 Å². The Hall–Kier alpha value is -1.27. The zero-order valence-electron chi connectivity index (χ0n) is 8.92. The fourth-order valence-electron chi connectivity index (χ4n) is 1.73. The monoisotopic (exact) mass is 216 g/mol. The lowest BCUT2D eigenvalue weighted by atomic mass is 9.98. The van der Waals surface area contributed by atoms with Gasteiger partial charge in [0.05, 0.1) is 0 Å². The van der Waals surface area contributed by atoms with Crippen molar-refractivity contribution in [3.8, 4) is 11.1 Å². The van der Waals surface area contributed by atoms with Crippen molar-refractivity contribution in [3.05, 3.63) is 58.6 Å². The normalized spacial score (nSPS) is 10.3. The maximum atomic E-state index is 6.17. The lowest BCUT2D eigenvalue weighted by molar-refractivity contribution is 1.39. The van der Waals surface area contributed by atoms with Gasteiger partial charge in [0, 0.05) is 5.02 Å². The van der Waals surface area contributed by atoms with Crippen LogP contribution in [-0.4, -0.2) is 0 Å². The van der Waals surface area contributed by atoms with Crippen molar-refractivity contribution < 1.29 is 0 Å². The van der Waals surface area contributed by atoms with Crippen LogP contribution in [0.3, 0.4) is 0 Å². The molecule has 0 fully saturated rings. The first-order chi connectivity index (χ1) is 7.18. The van der Waals surface area contributed by atoms with Crippen LogP contribution in [0, 0.1) is 13.8 Å². The second-order valence-corrected chi connectivity index (χ2v) is 4.19. The Kier molecular flexibility index (Phi) is 2.79. The topological polar surface area (TPSA) is 0 Å². The molecule has 0 aromatic heterocycles. The highest BCUT2D eigenvalue weighted by Gasteiger charge is 2.05. The summed E-state index contributed by atoms with van der Waals surface area (Å²) in [5.74, 6) is 0. The van der Waals surface area contributed by atoms with Crippen LogP contribution >= 0.6 is 11.6 Å². The molecular weight excluding hydrogens is 204 g/mol. The van der Waals surface area contributed by atoms with Gasteiger partial charge in [-0.1, -0.05) is 48.0 Å². The van der Waals surface area contributed by atoms with Gasteiger partial charge in [-0.3, -0.25) is 0 Å². The first-order valence-electron chi connectivity index (χ1n) is 5.00. The molecule has 15 heavy (non-hydrogen) atoms. The van der Waals surface area contributed by atoms with Gasteiger partial charge in [-0.15, -0.1) is 0 Å². The molecule has 0 radical (unpaired) electrons. The van der Waals surface area contributed by atoms with Gasteiger partial charge in [-0.2, -0.15) is 0 Å². The summed E-state index contributed by atoms with van der Waals surface area (Å²) in [5.41, 5.74) is 4.79. The number of benzene rings is 2. The molecule has 0 N–H and O–H groups in total. The maximum absolute atomic E-state index is 6.17. The van der Waals surface area contributed by atoms with Gasteiger partial charge >= 0.3 is 0 Å². The SMILES string of the molecule is Cc1cc(Cl)c(C)c(-c2ccccc2)c1. The van der Waals surface area contributed by atoms with Crippen molar-refractivity contribution in [2.24, 2.45) is 0 Å². The van der Waals surface area contributed by atoms with Crippen LogP contribution in [-0.2, 0) is 0 Å². The molecule has 0 nitrogen and oxygen atoms in total. The van der Waals surface area contributed by atoms with Crippen molar-refractivity contribution in [2.75, 3.05) is 0 Å². The largest absolute Gasteiger partial charge is 0.0840 e. The van der Waals surface area contributed by atoms with Crippen molar-refractivity contribution in [3.63, 3.8) is 0 Å². The third-order valence-corrected chi connectivity index (χ3v) is 2.97. The summed E-state index contributed by atoms with van der Waals surface area (Å²) in [5, 5.41) is 0.842. The average molecular weight is 217 g/mol. The Morgan fingerprint density at radius 2 is 1.60 bits per heavy atom. The standard InChI is InChI=1S/C14H13Cl/c1-10-8-13(11(2)14(15)9-10)12-6-4-3-5-7-12/h3-9H,1-2H3. The van der Waals surface area contributed by atoms with E-state index in [4.69, 9.17) is 11.6 Å². The Balaban J connectivity index is 2.63. The maximum Gasteiger partial charge on any atom is 0.0444 e. The van der Waals surface area contributed by atoms with Gasteiger partial charge in [-0.25, -0.2) is 0 Å². The van der Waals surface area contributed by atoms with Gasteiger partial charge in [0.15, 0.2) is 0 Å². The van der Waals surface area contributed by atoms with E-state index in [9.17, 15) is 0 Å². The molecule has 76 valence electrons. The molecule has 2 rings (SSSR count). The summed E-state index contributed by atoms with van der Waals surface area (Å²) in [6.45, 7) is 4.13. The van der Waals surface area contributed by atoms with Crippen LogP contribution in [0.1, 0.15) is 11.1 Å². The van der Waals surface area contributed by atoms with Crippen molar-refractivity contribution in [1.29, 1.82) is 0 Å². The van der Waals surface area contributed by atoms with Gasteiger partial charge in [0.1, 0.15) is 0 Å². The Bertz CT molecular complexity index is 472. The summed E-state index contributed by atoms with van der Waals surface area (Å²) in [7, 11) is 0. The molecule has 0 saturated heterocycles. The molecule has 1 heteroatoms. The van der Waals surface area contributed by atoms with E-state index in [-0.39, 0.29) is 0 Å². The molecule has 0 spiro atoms. The molecule has 0 aliphatic carbocycles. The molecule has 0 bridgehead atoms. The lowest BCUT2D eigenvalue weighted by Crippen LogP contribution is -1.86. The van der Waals surface area contributed by atoms with E-state index in [1.807, 2.05) is 24.3 Å². The van der Waals surface area contributed by atoms with Crippen LogP contribution in [0.2, 0.25) is 5.02 Å². The number of aryl methyl sites for hydroxylation is 1. The fourth-order valence-corrected chi connectivity index (χ4v) is 2.01. The van der Waals surface area contributed by atoms with E-state index in [1.54, 1.807) is 0 Å². The third-order valence-electron chi connectivity index (χ3n) is 2.57. The second-order valence-electron chi connectivity index (χ2n) is 3.79. The van der Waals surface area contributed by atoms with E-state index in [0.29, 0.717) is 0 Å². The van der Waals surface area contributed by atoms with Gasteiger partial charge in [0.25, 0.3) is 0 Å². The Morgan fingerprint density at radius 1 is 0.933 bits per heavy atom. The number of rotatable bonds is 1. The van der Waals surface area contributed by atoms with Crippen LogP contribution in [0.5, 0.6) is 0 Å². The zero-order valence-corrected chi connectivity index (χ0v) is 9.68. The first-order valence-corrected chi connectivity index (χ1v) is 5.38. The van der Waals surface area contributed by atoms with E-state index in [2.05, 4.69) is 32.0 Å². The number of halogens is 1. The lowest BCUT2D eigenvalue weighted by Gasteiger charge is -2.09. The van der Waals surface area contributed by atoms with Crippen molar-refractivity contribution in [2.45, 2.75) is 13.8 Å². The smallest absolute Gasteiger partial charge is 0.0444 e. The molecule has 2 aromatic rings. The summed E-state index contributed by atoms with van der Waals surface area (Å²) in [6, 6.07) is 14.5. The predicted molar refractivity (Wildman–Crippen MR) is 66.4 cm³/mol. The third kappa shape index (κ3) is 2.05. The summed E-state index contributed by atoms with van der Waals surface area (Å²) in [4.78, 5) is 0. The number of hydrogen-bond acceptors (Lipinski definition) is 0. The molecule has 0 heterocycles. The molecule has 0 aliphatic rings. The molecule has 0 saturated carbocycles. The highest BCUT2D eigenvalue weighted by Crippen LogP contribution is 2.29. The van der Waals surface area contributed by atoms with Crippen LogP contribution in [0.25, 0.3) is 11.1 Å². The summed E-state index contributed by atoms with van der Waals surface area (Å²) < 4.78 is 0. The first kappa shape index (κ1) is 10.3. The molecule has 0 unspecified atom stereocenters. The minimum atomic E-state index is 0.842. The highest BCUT2D eigenvalue weighted by molar-refractivity contribution is 6.31. The van der Waals surface area contributed by atoms with E-state index >= 15 is 0 Å². The summed E-state index contributed by atoms with van der Waals surface area (Å²) >= 11 is 6.17. The molecule has 0 atom stereocenters. The van der Waals surface area contributed by atoms with E-state index < -0.39 is 0 Å². The van der Waals surface area contributed by atoms with Gasteiger partial charge < -0.3 is 0 Å². The Morgan fingerprint density at radius 3 is 2.27 bits per heavy atom. The zero-order chi connectivity index (χ0) is 10.8.